The monoisotopic (exact) mass is 479 g/mol. The Hall–Kier alpha value is -2.83. The molecule has 2 aromatic rings. The van der Waals surface area contributed by atoms with E-state index in [9.17, 15) is 4.79 Å². The fourth-order valence-corrected chi connectivity index (χ4v) is 4.89. The summed E-state index contributed by atoms with van der Waals surface area (Å²) in [6.07, 6.45) is 8.95. The van der Waals surface area contributed by atoms with Gasteiger partial charge in [-0.1, -0.05) is 19.1 Å². The number of hydrogen-bond donors (Lipinski definition) is 1. The van der Waals surface area contributed by atoms with Crippen LogP contribution in [0.1, 0.15) is 70.4 Å². The van der Waals surface area contributed by atoms with Crippen molar-refractivity contribution in [3.8, 4) is 0 Å². The first-order valence-corrected chi connectivity index (χ1v) is 13.2. The lowest BCUT2D eigenvalue weighted by atomic mass is 9.89. The minimum absolute atomic E-state index is 0.191. The lowest BCUT2D eigenvalue weighted by Crippen LogP contribution is -2.41. The fourth-order valence-electron chi connectivity index (χ4n) is 4.89. The van der Waals surface area contributed by atoms with Crippen LogP contribution in [0.25, 0.3) is 0 Å². The first-order valence-electron chi connectivity index (χ1n) is 13.2. The molecule has 35 heavy (non-hydrogen) atoms. The molecule has 1 amide bonds. The van der Waals surface area contributed by atoms with Crippen LogP contribution in [0.2, 0.25) is 0 Å². The molecule has 3 heterocycles. The van der Waals surface area contributed by atoms with Crippen LogP contribution in [-0.4, -0.2) is 59.3 Å². The van der Waals surface area contributed by atoms with E-state index in [0.29, 0.717) is 11.8 Å². The van der Waals surface area contributed by atoms with Crippen molar-refractivity contribution < 1.29 is 9.53 Å². The van der Waals surface area contributed by atoms with Crippen LogP contribution >= 0.6 is 0 Å². The van der Waals surface area contributed by atoms with E-state index in [0.717, 1.165) is 70.8 Å². The number of hydrogen-bond acceptors (Lipinski definition) is 6. The summed E-state index contributed by atoms with van der Waals surface area (Å²) in [6, 6.07) is 8.90. The largest absolute Gasteiger partial charge is 0.444 e. The van der Waals surface area contributed by atoms with Gasteiger partial charge in [-0.3, -0.25) is 0 Å². The minimum Gasteiger partial charge on any atom is -0.444 e. The number of amides is 1. The van der Waals surface area contributed by atoms with Crippen molar-refractivity contribution in [2.75, 3.05) is 42.9 Å². The number of likely N-dealkylation sites (tertiary alicyclic amines) is 1. The van der Waals surface area contributed by atoms with Gasteiger partial charge >= 0.3 is 6.09 Å². The zero-order chi connectivity index (χ0) is 24.8. The highest BCUT2D eigenvalue weighted by molar-refractivity contribution is 5.68. The third-order valence-electron chi connectivity index (χ3n) is 7.12. The SMILES string of the molecule is CCc1cnc(N2CCC(CNc3ccc(C4CCN(C(=O)OC(C)(C)C)CC4)cc3)CC2)nc1. The molecule has 0 radical (unpaired) electrons. The zero-order valence-electron chi connectivity index (χ0n) is 21.8. The van der Waals surface area contributed by atoms with Crippen molar-refractivity contribution in [3.63, 3.8) is 0 Å². The van der Waals surface area contributed by atoms with Crippen molar-refractivity contribution >= 4 is 17.7 Å². The molecule has 7 nitrogen and oxygen atoms in total. The number of piperidine rings is 2. The standard InChI is InChI=1S/C28H41N5O2/c1-5-21-18-30-26(31-19-21)32-14-10-22(11-15-32)20-29-25-8-6-23(7-9-25)24-12-16-33(17-13-24)27(34)35-28(2,3)4/h6-9,18-19,22,24,29H,5,10-17,20H2,1-4H3. The zero-order valence-corrected chi connectivity index (χ0v) is 21.8. The maximum atomic E-state index is 12.3. The van der Waals surface area contributed by atoms with Gasteiger partial charge in [-0.05, 0) is 88.0 Å². The molecule has 1 aromatic heterocycles. The molecule has 0 bridgehead atoms. The molecule has 190 valence electrons. The Labute approximate surface area is 210 Å². The number of rotatable bonds is 6. The van der Waals surface area contributed by atoms with Gasteiger partial charge in [0, 0.05) is 50.8 Å². The smallest absolute Gasteiger partial charge is 0.410 e. The van der Waals surface area contributed by atoms with E-state index in [1.807, 2.05) is 38.1 Å². The van der Waals surface area contributed by atoms with E-state index in [-0.39, 0.29) is 6.09 Å². The number of anilines is 2. The highest BCUT2D eigenvalue weighted by atomic mass is 16.6. The number of nitrogens with zero attached hydrogens (tertiary/aromatic N) is 4. The quantitative estimate of drug-likeness (QED) is 0.591. The van der Waals surface area contributed by atoms with Gasteiger partial charge in [0.2, 0.25) is 5.95 Å². The van der Waals surface area contributed by atoms with Gasteiger partial charge in [0.05, 0.1) is 0 Å². The van der Waals surface area contributed by atoms with Gasteiger partial charge in [0.25, 0.3) is 0 Å². The Kier molecular flexibility index (Phi) is 8.14. The van der Waals surface area contributed by atoms with E-state index in [2.05, 4.69) is 51.4 Å². The van der Waals surface area contributed by atoms with Gasteiger partial charge < -0.3 is 19.9 Å². The normalized spacial score (nSPS) is 17.9. The van der Waals surface area contributed by atoms with Gasteiger partial charge in [0.1, 0.15) is 5.60 Å². The molecule has 2 fully saturated rings. The lowest BCUT2D eigenvalue weighted by Gasteiger charge is -2.33. The molecule has 7 heteroatoms. The first kappa shape index (κ1) is 25.3. The summed E-state index contributed by atoms with van der Waals surface area (Å²) in [7, 11) is 0. The predicted octanol–water partition coefficient (Wildman–Crippen LogP) is 5.48. The molecular weight excluding hydrogens is 438 g/mol. The highest BCUT2D eigenvalue weighted by Gasteiger charge is 2.27. The molecule has 2 aliphatic rings. The number of aryl methyl sites for hydroxylation is 1. The summed E-state index contributed by atoms with van der Waals surface area (Å²) in [5.41, 5.74) is 3.29. The van der Waals surface area contributed by atoms with Crippen LogP contribution in [0.15, 0.2) is 36.7 Å². The van der Waals surface area contributed by atoms with Crippen molar-refractivity contribution in [1.82, 2.24) is 14.9 Å². The predicted molar refractivity (Wildman–Crippen MR) is 141 cm³/mol. The van der Waals surface area contributed by atoms with Gasteiger partial charge in [0.15, 0.2) is 0 Å². The van der Waals surface area contributed by atoms with Crippen LogP contribution < -0.4 is 10.2 Å². The summed E-state index contributed by atoms with van der Waals surface area (Å²) in [5, 5.41) is 3.64. The van der Waals surface area contributed by atoms with Gasteiger partial charge in [-0.15, -0.1) is 0 Å². The van der Waals surface area contributed by atoms with Crippen LogP contribution in [0.4, 0.5) is 16.4 Å². The third kappa shape index (κ3) is 7.09. The summed E-state index contributed by atoms with van der Waals surface area (Å²) in [6.45, 7) is 12.4. The van der Waals surface area contributed by atoms with E-state index in [4.69, 9.17) is 4.74 Å². The van der Waals surface area contributed by atoms with Crippen molar-refractivity contribution in [2.45, 2.75) is 71.3 Å². The Morgan fingerprint density at radius 3 is 2.20 bits per heavy atom. The molecule has 0 saturated carbocycles. The van der Waals surface area contributed by atoms with Crippen LogP contribution in [0.3, 0.4) is 0 Å². The maximum Gasteiger partial charge on any atom is 0.410 e. The number of benzene rings is 1. The molecule has 1 aromatic carbocycles. The van der Waals surface area contributed by atoms with Crippen molar-refractivity contribution in [1.29, 1.82) is 0 Å². The molecule has 0 unspecified atom stereocenters. The fraction of sp³-hybridized carbons (Fsp3) is 0.607. The maximum absolute atomic E-state index is 12.3. The molecule has 0 aliphatic carbocycles. The molecule has 1 N–H and O–H groups in total. The molecule has 2 aliphatic heterocycles. The second-order valence-electron chi connectivity index (χ2n) is 10.9. The molecule has 0 spiro atoms. The number of carbonyl (C=O) groups excluding carboxylic acids is 1. The van der Waals surface area contributed by atoms with Gasteiger partial charge in [-0.25, -0.2) is 14.8 Å². The second kappa shape index (κ2) is 11.3. The lowest BCUT2D eigenvalue weighted by molar-refractivity contribution is 0.0205. The van der Waals surface area contributed by atoms with E-state index in [1.54, 1.807) is 0 Å². The average molecular weight is 480 g/mol. The Morgan fingerprint density at radius 1 is 1.00 bits per heavy atom. The van der Waals surface area contributed by atoms with E-state index < -0.39 is 5.60 Å². The molecule has 0 atom stereocenters. The Balaban J connectivity index is 1.19. The summed E-state index contributed by atoms with van der Waals surface area (Å²) >= 11 is 0. The van der Waals surface area contributed by atoms with Crippen LogP contribution in [-0.2, 0) is 11.2 Å². The number of nitrogens with one attached hydrogen (secondary N) is 1. The first-order chi connectivity index (χ1) is 16.8. The topological polar surface area (TPSA) is 70.6 Å². The second-order valence-corrected chi connectivity index (χ2v) is 10.9. The van der Waals surface area contributed by atoms with Crippen molar-refractivity contribution in [3.05, 3.63) is 47.8 Å². The van der Waals surface area contributed by atoms with E-state index in [1.165, 1.54) is 16.8 Å². The minimum atomic E-state index is -0.442. The molecule has 2 saturated heterocycles. The van der Waals surface area contributed by atoms with Gasteiger partial charge in [-0.2, -0.15) is 0 Å². The number of carbonyl (C=O) groups is 1. The number of aromatic nitrogens is 2. The summed E-state index contributed by atoms with van der Waals surface area (Å²) in [5.74, 6) is 2.03. The van der Waals surface area contributed by atoms with E-state index >= 15 is 0 Å². The third-order valence-corrected chi connectivity index (χ3v) is 7.12. The van der Waals surface area contributed by atoms with Crippen molar-refractivity contribution in [2.24, 2.45) is 5.92 Å². The highest BCUT2D eigenvalue weighted by Crippen LogP contribution is 2.30. The Bertz CT molecular complexity index is 939. The summed E-state index contributed by atoms with van der Waals surface area (Å²) < 4.78 is 5.52. The number of ether oxygens (including phenoxy) is 1. The molecular formula is C28H41N5O2. The Morgan fingerprint density at radius 2 is 1.63 bits per heavy atom. The van der Waals surface area contributed by atoms with Crippen LogP contribution in [0, 0.1) is 5.92 Å². The average Bonchev–Trinajstić information content (AvgIpc) is 2.87. The summed E-state index contributed by atoms with van der Waals surface area (Å²) in [4.78, 5) is 25.5. The van der Waals surface area contributed by atoms with Crippen LogP contribution in [0.5, 0.6) is 0 Å². The molecule has 4 rings (SSSR count).